The Bertz CT molecular complexity index is 530. The maximum atomic E-state index is 13.1. The zero-order valence-corrected chi connectivity index (χ0v) is 16.5. The lowest BCUT2D eigenvalue weighted by Gasteiger charge is -2.44. The SMILES string of the molecule is CCC(I)C(=O)OC1CC(CC(F)(F)F)CC(C(O)(C(F)(F)F)C(F)(F)F)C1. The first-order valence-electron chi connectivity index (χ1n) is 8.19. The summed E-state index contributed by atoms with van der Waals surface area (Å²) in [5, 5.41) is 9.56. The van der Waals surface area contributed by atoms with Gasteiger partial charge in [-0.15, -0.1) is 0 Å². The van der Waals surface area contributed by atoms with Gasteiger partial charge < -0.3 is 9.84 Å². The number of carbonyl (C=O) groups excluding carboxylic acids is 1. The van der Waals surface area contributed by atoms with Crippen LogP contribution in [0.25, 0.3) is 0 Å². The molecule has 1 saturated carbocycles. The Labute approximate surface area is 168 Å². The number of alkyl halides is 10. The van der Waals surface area contributed by atoms with Crippen molar-refractivity contribution in [2.45, 2.75) is 73.2 Å². The van der Waals surface area contributed by atoms with E-state index in [0.29, 0.717) is 0 Å². The molecule has 13 heteroatoms. The minimum Gasteiger partial charge on any atom is -0.462 e. The topological polar surface area (TPSA) is 46.5 Å². The van der Waals surface area contributed by atoms with Crippen molar-refractivity contribution in [1.29, 1.82) is 0 Å². The molecule has 1 aliphatic carbocycles. The molecule has 0 bridgehead atoms. The number of esters is 1. The van der Waals surface area contributed by atoms with Crippen LogP contribution in [0, 0.1) is 11.8 Å². The second kappa shape index (κ2) is 8.72. The predicted octanol–water partition coefficient (Wildman–Crippen LogP) is 5.34. The molecular weight excluding hydrogens is 526 g/mol. The molecular formula is C15H18F9IO3. The Morgan fingerprint density at radius 2 is 1.54 bits per heavy atom. The third-order valence-corrected chi connectivity index (χ3v) is 6.02. The number of halogens is 10. The van der Waals surface area contributed by atoms with Crippen LogP contribution in [0.4, 0.5) is 39.5 Å². The van der Waals surface area contributed by atoms with E-state index in [2.05, 4.69) is 0 Å². The van der Waals surface area contributed by atoms with Crippen LogP contribution in [-0.4, -0.2) is 45.2 Å². The fourth-order valence-electron chi connectivity index (χ4n) is 3.34. The Morgan fingerprint density at radius 1 is 1.04 bits per heavy atom. The molecule has 0 spiro atoms. The van der Waals surface area contributed by atoms with Gasteiger partial charge in [-0.25, -0.2) is 0 Å². The Kier molecular flexibility index (Phi) is 7.96. The largest absolute Gasteiger partial charge is 0.462 e. The van der Waals surface area contributed by atoms with Crippen LogP contribution in [0.3, 0.4) is 0 Å². The van der Waals surface area contributed by atoms with Crippen molar-refractivity contribution in [1.82, 2.24) is 0 Å². The average Bonchev–Trinajstić information content (AvgIpc) is 2.48. The summed E-state index contributed by atoms with van der Waals surface area (Å²) in [7, 11) is 0. The normalized spacial score (nSPS) is 26.1. The van der Waals surface area contributed by atoms with Gasteiger partial charge in [0.2, 0.25) is 0 Å². The lowest BCUT2D eigenvalue weighted by atomic mass is 9.70. The average molecular weight is 544 g/mol. The molecule has 4 unspecified atom stereocenters. The third kappa shape index (κ3) is 6.02. The Balaban J connectivity index is 3.23. The highest BCUT2D eigenvalue weighted by atomic mass is 127. The number of hydrogen-bond acceptors (Lipinski definition) is 3. The van der Waals surface area contributed by atoms with Crippen molar-refractivity contribution in [2.75, 3.05) is 0 Å². The van der Waals surface area contributed by atoms with Gasteiger partial charge in [-0.2, -0.15) is 39.5 Å². The molecule has 0 radical (unpaired) electrons. The van der Waals surface area contributed by atoms with Crippen LogP contribution in [-0.2, 0) is 9.53 Å². The molecule has 4 atom stereocenters. The van der Waals surface area contributed by atoms with Crippen LogP contribution >= 0.6 is 22.6 Å². The van der Waals surface area contributed by atoms with Gasteiger partial charge in [-0.1, -0.05) is 29.5 Å². The molecule has 3 nitrogen and oxygen atoms in total. The highest BCUT2D eigenvalue weighted by Gasteiger charge is 2.74. The molecule has 0 aromatic rings. The van der Waals surface area contributed by atoms with E-state index < -0.39 is 77.6 Å². The van der Waals surface area contributed by atoms with E-state index in [4.69, 9.17) is 4.74 Å². The fourth-order valence-corrected chi connectivity index (χ4v) is 3.49. The molecule has 28 heavy (non-hydrogen) atoms. The molecule has 166 valence electrons. The summed E-state index contributed by atoms with van der Waals surface area (Å²) in [5.41, 5.74) is -5.20. The maximum Gasteiger partial charge on any atom is 0.426 e. The highest BCUT2D eigenvalue weighted by Crippen LogP contribution is 2.53. The second-order valence-corrected chi connectivity index (χ2v) is 8.29. The smallest absolute Gasteiger partial charge is 0.426 e. The van der Waals surface area contributed by atoms with Gasteiger partial charge in [-0.05, 0) is 31.6 Å². The standard InChI is InChI=1S/C15H18F9IO3/c1-2-10(25)11(26)28-9-4-7(6-12(16,17)18)3-8(5-9)13(27,14(19,20)21)15(22,23)24/h7-10,27H,2-6H2,1H3. The molecule has 1 aliphatic rings. The number of carbonyl (C=O) groups is 1. The van der Waals surface area contributed by atoms with Crippen LogP contribution in [0.2, 0.25) is 0 Å². The minimum absolute atomic E-state index is 0.247. The summed E-state index contributed by atoms with van der Waals surface area (Å²) >= 11 is 1.64. The van der Waals surface area contributed by atoms with Crippen LogP contribution < -0.4 is 0 Å². The molecule has 0 heterocycles. The summed E-state index contributed by atoms with van der Waals surface area (Å²) in [6.07, 6.45) is -22.9. The van der Waals surface area contributed by atoms with Gasteiger partial charge in [0.05, 0.1) is 0 Å². The number of rotatable bonds is 5. The zero-order chi connectivity index (χ0) is 22.1. The Hall–Kier alpha value is -0.470. The van der Waals surface area contributed by atoms with E-state index in [1.165, 1.54) is 0 Å². The molecule has 0 aliphatic heterocycles. The van der Waals surface area contributed by atoms with Gasteiger partial charge in [-0.3, -0.25) is 4.79 Å². The highest BCUT2D eigenvalue weighted by molar-refractivity contribution is 14.1. The van der Waals surface area contributed by atoms with Crippen molar-refractivity contribution in [3.63, 3.8) is 0 Å². The number of aliphatic hydroxyl groups is 1. The van der Waals surface area contributed by atoms with E-state index in [1.54, 1.807) is 29.5 Å². The summed E-state index contributed by atoms with van der Waals surface area (Å²) < 4.78 is 121. The van der Waals surface area contributed by atoms with E-state index in [9.17, 15) is 49.4 Å². The maximum absolute atomic E-state index is 13.1. The molecule has 1 fully saturated rings. The van der Waals surface area contributed by atoms with Crippen molar-refractivity contribution in [3.05, 3.63) is 0 Å². The van der Waals surface area contributed by atoms with Crippen LogP contribution in [0.1, 0.15) is 39.0 Å². The summed E-state index contributed by atoms with van der Waals surface area (Å²) in [6.45, 7) is 1.57. The Morgan fingerprint density at radius 3 is 1.93 bits per heavy atom. The predicted molar refractivity (Wildman–Crippen MR) is 86.5 cm³/mol. The molecule has 0 aromatic carbocycles. The molecule has 0 aromatic heterocycles. The fraction of sp³-hybridized carbons (Fsp3) is 0.933. The summed E-state index contributed by atoms with van der Waals surface area (Å²) in [5.74, 6) is -5.25. The van der Waals surface area contributed by atoms with Gasteiger partial charge >= 0.3 is 24.5 Å². The van der Waals surface area contributed by atoms with Crippen molar-refractivity contribution in [3.8, 4) is 0 Å². The van der Waals surface area contributed by atoms with Crippen LogP contribution in [0.5, 0.6) is 0 Å². The molecule has 1 rings (SSSR count). The molecule has 1 N–H and O–H groups in total. The van der Waals surface area contributed by atoms with E-state index in [1.807, 2.05) is 0 Å². The van der Waals surface area contributed by atoms with Gasteiger partial charge in [0.25, 0.3) is 5.60 Å². The van der Waals surface area contributed by atoms with Crippen molar-refractivity contribution < 1.29 is 54.2 Å². The first-order valence-corrected chi connectivity index (χ1v) is 9.44. The lowest BCUT2D eigenvalue weighted by molar-refractivity contribution is -0.389. The lowest BCUT2D eigenvalue weighted by Crippen LogP contribution is -2.63. The first-order chi connectivity index (χ1) is 12.4. The summed E-state index contributed by atoms with van der Waals surface area (Å²) in [6, 6.07) is 0. The minimum atomic E-state index is -6.17. The quantitative estimate of drug-likeness (QED) is 0.220. The number of ether oxygens (including phenoxy) is 1. The van der Waals surface area contributed by atoms with E-state index in [0.717, 1.165) is 0 Å². The third-order valence-electron chi connectivity index (χ3n) is 4.63. The van der Waals surface area contributed by atoms with E-state index in [-0.39, 0.29) is 6.42 Å². The van der Waals surface area contributed by atoms with Gasteiger partial charge in [0, 0.05) is 12.3 Å². The summed E-state index contributed by atoms with van der Waals surface area (Å²) in [4.78, 5) is 11.8. The number of hydrogen-bond donors (Lipinski definition) is 1. The first kappa shape index (κ1) is 25.6. The zero-order valence-electron chi connectivity index (χ0n) is 14.4. The van der Waals surface area contributed by atoms with Crippen molar-refractivity contribution in [2.24, 2.45) is 11.8 Å². The second-order valence-electron chi connectivity index (χ2n) is 6.79. The molecule has 0 saturated heterocycles. The van der Waals surface area contributed by atoms with Crippen LogP contribution in [0.15, 0.2) is 0 Å². The van der Waals surface area contributed by atoms with Gasteiger partial charge in [0.1, 0.15) is 10.0 Å². The monoisotopic (exact) mass is 544 g/mol. The van der Waals surface area contributed by atoms with Crippen molar-refractivity contribution >= 4 is 28.6 Å². The molecule has 0 amide bonds. The van der Waals surface area contributed by atoms with E-state index >= 15 is 0 Å². The van der Waals surface area contributed by atoms with Gasteiger partial charge in [0.15, 0.2) is 0 Å².